The number of nitro groups is 3. The Kier molecular flexibility index (Phi) is 6.22. The number of hydrazine groups is 2. The van der Waals surface area contributed by atoms with Gasteiger partial charge in [0, 0.05) is 0 Å². The molecule has 0 aromatic heterocycles. The average Bonchev–Trinajstić information content (AvgIpc) is 2.36. The number of aromatic hydroxyl groups is 2. The highest BCUT2D eigenvalue weighted by atomic mass is 19.1. The maximum Gasteiger partial charge on any atom is 0.366 e. The fourth-order valence-electron chi connectivity index (χ4n) is 1.16. The Morgan fingerprint density at radius 1 is 0.958 bits per heavy atom. The summed E-state index contributed by atoms with van der Waals surface area (Å²) in [6, 6.07) is 0. The SMILES string of the molecule is N=C(N)N(N)N.O=[N+]([O-])c1c(O)c([N+](=O)[O-])c(F)c([N+](=O)[O-])c1O. The van der Waals surface area contributed by atoms with Crippen molar-refractivity contribution < 1.29 is 29.4 Å². The lowest BCUT2D eigenvalue weighted by Crippen LogP contribution is -2.47. The number of guanidine groups is 1. The minimum atomic E-state index is -2.18. The number of phenolic OH excluding ortho intramolecular Hbond substituents is 2. The van der Waals surface area contributed by atoms with E-state index in [-0.39, 0.29) is 5.96 Å². The van der Waals surface area contributed by atoms with E-state index in [0.29, 0.717) is 5.12 Å². The molecule has 132 valence electrons. The zero-order chi connectivity index (χ0) is 19.4. The van der Waals surface area contributed by atoms with Crippen LogP contribution in [0.5, 0.6) is 11.5 Å². The molecule has 0 bridgehead atoms. The van der Waals surface area contributed by atoms with Crippen LogP contribution in [-0.2, 0) is 0 Å². The first kappa shape index (κ1) is 20.1. The molecule has 1 rings (SSSR count). The van der Waals surface area contributed by atoms with E-state index >= 15 is 0 Å². The van der Waals surface area contributed by atoms with Crippen molar-refractivity contribution in [1.82, 2.24) is 5.12 Å². The smallest absolute Gasteiger partial charge is 0.366 e. The Bertz CT molecular complexity index is 619. The van der Waals surface area contributed by atoms with Gasteiger partial charge in [-0.3, -0.25) is 35.8 Å². The molecular formula is C7H9FN8O8. The number of nitrogens with one attached hydrogen (secondary N) is 1. The van der Waals surface area contributed by atoms with E-state index in [2.05, 4.69) is 0 Å². The third kappa shape index (κ3) is 4.08. The maximum atomic E-state index is 13.3. The quantitative estimate of drug-likeness (QED) is 0.124. The van der Waals surface area contributed by atoms with Crippen molar-refractivity contribution in [2.24, 2.45) is 17.4 Å². The second-order valence-electron chi connectivity index (χ2n) is 3.62. The Labute approximate surface area is 129 Å². The second kappa shape index (κ2) is 7.42. The van der Waals surface area contributed by atoms with E-state index in [1.807, 2.05) is 0 Å². The van der Waals surface area contributed by atoms with Gasteiger partial charge in [-0.15, -0.1) is 0 Å². The fourth-order valence-corrected chi connectivity index (χ4v) is 1.16. The van der Waals surface area contributed by atoms with Gasteiger partial charge >= 0.3 is 17.1 Å². The minimum Gasteiger partial charge on any atom is -0.497 e. The average molecular weight is 352 g/mol. The highest BCUT2D eigenvalue weighted by Gasteiger charge is 2.43. The molecule has 0 radical (unpaired) electrons. The highest BCUT2D eigenvalue weighted by molar-refractivity contribution is 5.74. The van der Waals surface area contributed by atoms with Crippen molar-refractivity contribution in [3.8, 4) is 11.5 Å². The number of hydrogen-bond acceptors (Lipinski definition) is 11. The van der Waals surface area contributed by atoms with Gasteiger partial charge in [-0.05, 0) is 0 Å². The molecule has 0 aliphatic rings. The van der Waals surface area contributed by atoms with E-state index < -0.39 is 49.1 Å². The molecule has 0 heterocycles. The predicted molar refractivity (Wildman–Crippen MR) is 71.8 cm³/mol. The predicted octanol–water partition coefficient (Wildman–Crippen LogP) is -1.11. The maximum absolute atomic E-state index is 13.3. The number of nitrogens with two attached hydrogens (primary N) is 3. The molecule has 0 spiro atoms. The highest BCUT2D eigenvalue weighted by Crippen LogP contribution is 2.50. The normalized spacial score (nSPS) is 9.46. The number of nitrogens with zero attached hydrogens (tertiary/aromatic N) is 4. The molecule has 0 fully saturated rings. The summed E-state index contributed by atoms with van der Waals surface area (Å²) in [5, 5.41) is 56.3. The lowest BCUT2D eigenvalue weighted by atomic mass is 10.2. The molecule has 0 aliphatic heterocycles. The van der Waals surface area contributed by atoms with Crippen molar-refractivity contribution in [1.29, 1.82) is 5.41 Å². The van der Waals surface area contributed by atoms with E-state index in [4.69, 9.17) is 33.0 Å². The number of phenols is 2. The third-order valence-corrected chi connectivity index (χ3v) is 2.14. The number of benzene rings is 1. The first-order chi connectivity index (χ1) is 10.8. The Morgan fingerprint density at radius 2 is 1.21 bits per heavy atom. The van der Waals surface area contributed by atoms with Gasteiger partial charge in [0.2, 0.25) is 5.96 Å². The van der Waals surface area contributed by atoms with Gasteiger partial charge in [0.25, 0.3) is 17.3 Å². The topological polar surface area (TPSA) is 275 Å². The van der Waals surface area contributed by atoms with E-state index in [9.17, 15) is 34.7 Å². The van der Waals surface area contributed by atoms with Crippen LogP contribution >= 0.6 is 0 Å². The third-order valence-electron chi connectivity index (χ3n) is 2.14. The van der Waals surface area contributed by atoms with E-state index in [1.54, 1.807) is 0 Å². The lowest BCUT2D eigenvalue weighted by molar-refractivity contribution is -0.409. The number of nitro benzene ring substituents is 3. The first-order valence-corrected chi connectivity index (χ1v) is 5.18. The number of rotatable bonds is 3. The van der Waals surface area contributed by atoms with Crippen molar-refractivity contribution in [3.63, 3.8) is 0 Å². The van der Waals surface area contributed by atoms with Crippen LogP contribution in [0.2, 0.25) is 0 Å². The van der Waals surface area contributed by atoms with Crippen LogP contribution < -0.4 is 17.4 Å². The number of hydrogen-bond donors (Lipinski definition) is 6. The van der Waals surface area contributed by atoms with Crippen molar-refractivity contribution in [2.45, 2.75) is 0 Å². The summed E-state index contributed by atoms with van der Waals surface area (Å²) < 4.78 is 13.3. The number of halogens is 1. The summed E-state index contributed by atoms with van der Waals surface area (Å²) in [5.41, 5.74) is -0.729. The Balaban J connectivity index is 0.000000754. The van der Waals surface area contributed by atoms with Crippen molar-refractivity contribution >= 4 is 23.0 Å². The van der Waals surface area contributed by atoms with Crippen LogP contribution in [0.4, 0.5) is 21.5 Å². The Hall–Kier alpha value is -3.86. The molecule has 1 aromatic rings. The molecular weight excluding hydrogens is 343 g/mol. The van der Waals surface area contributed by atoms with Gasteiger partial charge < -0.3 is 15.9 Å². The standard InChI is InChI=1S/C6H2FN3O8.CH7N5/c7-1-2(8(13)14)5(11)4(10(17)18)6(12)3(1)9(15)16;2-1(3)6(4)5/h11-12H;4-5H2,(H3,2,3). The van der Waals surface area contributed by atoms with Crippen LogP contribution in [-0.4, -0.2) is 36.1 Å². The molecule has 0 atom stereocenters. The minimum absolute atomic E-state index is 0.352. The summed E-state index contributed by atoms with van der Waals surface area (Å²) in [7, 11) is 0. The van der Waals surface area contributed by atoms with Crippen molar-refractivity contribution in [3.05, 3.63) is 36.2 Å². The first-order valence-electron chi connectivity index (χ1n) is 5.18. The lowest BCUT2D eigenvalue weighted by Gasteiger charge is -2.04. The molecule has 16 nitrogen and oxygen atoms in total. The van der Waals surface area contributed by atoms with Crippen LogP contribution in [0.1, 0.15) is 0 Å². The molecule has 0 amide bonds. The second-order valence-corrected chi connectivity index (χ2v) is 3.62. The van der Waals surface area contributed by atoms with Crippen LogP contribution in [0, 0.1) is 41.6 Å². The zero-order valence-electron chi connectivity index (χ0n) is 11.2. The van der Waals surface area contributed by atoms with Gasteiger partial charge in [0.05, 0.1) is 14.8 Å². The van der Waals surface area contributed by atoms with E-state index in [1.165, 1.54) is 0 Å². The molecule has 0 saturated carbocycles. The molecule has 9 N–H and O–H groups in total. The van der Waals surface area contributed by atoms with Crippen LogP contribution in [0.25, 0.3) is 0 Å². The van der Waals surface area contributed by atoms with Gasteiger partial charge in [-0.2, -0.15) is 4.39 Å². The van der Waals surface area contributed by atoms with Crippen LogP contribution in [0.3, 0.4) is 0 Å². The molecule has 17 heteroatoms. The molecule has 0 unspecified atom stereocenters. The van der Waals surface area contributed by atoms with Gasteiger partial charge in [0.15, 0.2) is 0 Å². The molecule has 0 aliphatic carbocycles. The van der Waals surface area contributed by atoms with E-state index in [0.717, 1.165) is 0 Å². The summed E-state index contributed by atoms with van der Waals surface area (Å²) in [4.78, 5) is 26.5. The summed E-state index contributed by atoms with van der Waals surface area (Å²) in [6.45, 7) is 0. The Morgan fingerprint density at radius 3 is 1.38 bits per heavy atom. The molecule has 1 aromatic carbocycles. The molecule has 0 saturated heterocycles. The summed E-state index contributed by atoms with van der Waals surface area (Å²) in [5.74, 6) is 3.27. The summed E-state index contributed by atoms with van der Waals surface area (Å²) >= 11 is 0. The largest absolute Gasteiger partial charge is 0.497 e. The molecule has 24 heavy (non-hydrogen) atoms. The summed E-state index contributed by atoms with van der Waals surface area (Å²) in [6.07, 6.45) is 0. The monoisotopic (exact) mass is 352 g/mol. The van der Waals surface area contributed by atoms with Gasteiger partial charge in [-0.1, -0.05) is 0 Å². The van der Waals surface area contributed by atoms with Crippen molar-refractivity contribution in [2.75, 3.05) is 0 Å². The van der Waals surface area contributed by atoms with Crippen LogP contribution in [0.15, 0.2) is 0 Å². The zero-order valence-corrected chi connectivity index (χ0v) is 11.2. The van der Waals surface area contributed by atoms with Gasteiger partial charge in [0.1, 0.15) is 0 Å². The fraction of sp³-hybridized carbons (Fsp3) is 0. The van der Waals surface area contributed by atoms with Gasteiger partial charge in [-0.25, -0.2) is 16.8 Å².